The van der Waals surface area contributed by atoms with Gasteiger partial charge in [0, 0.05) is 12.6 Å². The maximum absolute atomic E-state index is 11.6. The third kappa shape index (κ3) is 3.28. The molecule has 1 aromatic carbocycles. The third-order valence-corrected chi connectivity index (χ3v) is 2.82. The molecule has 1 heterocycles. The van der Waals surface area contributed by atoms with Gasteiger partial charge < -0.3 is 19.3 Å². The summed E-state index contributed by atoms with van der Waals surface area (Å²) < 4.78 is 15.0. The van der Waals surface area contributed by atoms with Crippen molar-refractivity contribution < 1.29 is 18.8 Å². The van der Waals surface area contributed by atoms with E-state index in [1.165, 1.54) is 12.3 Å². The van der Waals surface area contributed by atoms with E-state index in [9.17, 15) is 4.79 Å². The third-order valence-electron chi connectivity index (χ3n) is 2.82. The number of benzene rings is 1. The Kier molecular flexibility index (Phi) is 4.60. The van der Waals surface area contributed by atoms with Crippen molar-refractivity contribution in [2.45, 2.75) is 6.42 Å². The predicted molar refractivity (Wildman–Crippen MR) is 72.1 cm³/mol. The van der Waals surface area contributed by atoms with E-state index >= 15 is 0 Å². The number of hydrogen-bond acceptors (Lipinski definition) is 5. The van der Waals surface area contributed by atoms with E-state index in [-0.39, 0.29) is 11.6 Å². The van der Waals surface area contributed by atoms with Gasteiger partial charge >= 0.3 is 0 Å². The molecule has 0 saturated carbocycles. The van der Waals surface area contributed by atoms with E-state index in [0.717, 1.165) is 5.56 Å². The molecule has 0 spiro atoms. The number of carbonyl (C=O) groups excluding carboxylic acids is 1. The van der Waals surface area contributed by atoms with Crippen LogP contribution in [0.4, 0.5) is 0 Å². The molecule has 0 aliphatic rings. The van der Waals surface area contributed by atoms with Gasteiger partial charge in [-0.05, 0) is 24.1 Å². The molecule has 0 bridgehead atoms. The van der Waals surface area contributed by atoms with Crippen molar-refractivity contribution in [1.29, 1.82) is 0 Å². The average Bonchev–Trinajstić information content (AvgIpc) is 3.01. The Labute approximate surface area is 116 Å². The van der Waals surface area contributed by atoms with Gasteiger partial charge in [0.05, 0.1) is 14.2 Å². The molecular weight excluding hydrogens is 260 g/mol. The molecule has 1 amide bonds. The number of carbonyl (C=O) groups is 1. The number of nitrogens with zero attached hydrogens (tertiary/aromatic N) is 1. The molecule has 1 aromatic heterocycles. The average molecular weight is 276 g/mol. The van der Waals surface area contributed by atoms with Crippen LogP contribution in [0.2, 0.25) is 0 Å². The Morgan fingerprint density at radius 1 is 1.25 bits per heavy atom. The van der Waals surface area contributed by atoms with E-state index in [1.807, 2.05) is 18.2 Å². The van der Waals surface area contributed by atoms with Crippen LogP contribution in [0.1, 0.15) is 16.1 Å². The highest BCUT2D eigenvalue weighted by atomic mass is 16.5. The molecule has 0 saturated heterocycles. The van der Waals surface area contributed by atoms with Crippen molar-refractivity contribution in [3.8, 4) is 11.5 Å². The van der Waals surface area contributed by atoms with Crippen LogP contribution >= 0.6 is 0 Å². The lowest BCUT2D eigenvalue weighted by Gasteiger charge is -2.09. The second kappa shape index (κ2) is 6.60. The summed E-state index contributed by atoms with van der Waals surface area (Å²) in [7, 11) is 3.18. The summed E-state index contributed by atoms with van der Waals surface area (Å²) in [4.78, 5) is 11.6. The fourth-order valence-corrected chi connectivity index (χ4v) is 1.78. The minimum Gasteiger partial charge on any atom is -0.493 e. The SMILES string of the molecule is COc1ccc(CCNC(=O)c2ccon2)cc1OC. The minimum atomic E-state index is -0.251. The summed E-state index contributed by atoms with van der Waals surface area (Å²) in [6.45, 7) is 0.501. The normalized spacial score (nSPS) is 10.1. The van der Waals surface area contributed by atoms with Crippen molar-refractivity contribution in [3.63, 3.8) is 0 Å². The van der Waals surface area contributed by atoms with Crippen LogP contribution in [0.3, 0.4) is 0 Å². The van der Waals surface area contributed by atoms with Crippen LogP contribution in [-0.2, 0) is 6.42 Å². The maximum Gasteiger partial charge on any atom is 0.273 e. The first-order valence-corrected chi connectivity index (χ1v) is 6.14. The molecule has 0 atom stereocenters. The van der Waals surface area contributed by atoms with Crippen LogP contribution in [-0.4, -0.2) is 31.8 Å². The van der Waals surface area contributed by atoms with E-state index in [1.54, 1.807) is 14.2 Å². The Morgan fingerprint density at radius 3 is 2.70 bits per heavy atom. The smallest absolute Gasteiger partial charge is 0.273 e. The van der Waals surface area contributed by atoms with Gasteiger partial charge in [0.2, 0.25) is 0 Å². The summed E-state index contributed by atoms with van der Waals surface area (Å²) in [5.41, 5.74) is 1.32. The lowest BCUT2D eigenvalue weighted by Crippen LogP contribution is -2.25. The van der Waals surface area contributed by atoms with Gasteiger partial charge in [0.25, 0.3) is 5.91 Å². The first-order valence-electron chi connectivity index (χ1n) is 6.14. The molecule has 6 heteroatoms. The molecule has 0 fully saturated rings. The van der Waals surface area contributed by atoms with Gasteiger partial charge in [-0.2, -0.15) is 0 Å². The Balaban J connectivity index is 1.89. The fraction of sp³-hybridized carbons (Fsp3) is 0.286. The number of hydrogen-bond donors (Lipinski definition) is 1. The van der Waals surface area contributed by atoms with Gasteiger partial charge in [-0.15, -0.1) is 0 Å². The molecule has 0 unspecified atom stereocenters. The van der Waals surface area contributed by atoms with E-state index in [2.05, 4.69) is 15.0 Å². The fourth-order valence-electron chi connectivity index (χ4n) is 1.78. The van der Waals surface area contributed by atoms with Crippen molar-refractivity contribution in [2.24, 2.45) is 0 Å². The summed E-state index contributed by atoms with van der Waals surface area (Å²) >= 11 is 0. The zero-order valence-corrected chi connectivity index (χ0v) is 11.4. The van der Waals surface area contributed by atoms with E-state index in [4.69, 9.17) is 9.47 Å². The molecule has 0 radical (unpaired) electrons. The van der Waals surface area contributed by atoms with Crippen LogP contribution in [0.5, 0.6) is 11.5 Å². The highest BCUT2D eigenvalue weighted by Crippen LogP contribution is 2.27. The number of aromatic nitrogens is 1. The van der Waals surface area contributed by atoms with Crippen LogP contribution in [0, 0.1) is 0 Å². The molecule has 6 nitrogen and oxygen atoms in total. The Bertz CT molecular complexity index is 567. The summed E-state index contributed by atoms with van der Waals surface area (Å²) in [5, 5.41) is 6.33. The number of nitrogens with one attached hydrogen (secondary N) is 1. The Hall–Kier alpha value is -2.50. The molecule has 2 aromatic rings. The second-order valence-electron chi connectivity index (χ2n) is 4.08. The molecule has 1 N–H and O–H groups in total. The van der Waals surface area contributed by atoms with Crippen LogP contribution in [0.25, 0.3) is 0 Å². The zero-order valence-electron chi connectivity index (χ0n) is 11.4. The van der Waals surface area contributed by atoms with Crippen molar-refractivity contribution in [1.82, 2.24) is 10.5 Å². The number of ether oxygens (including phenoxy) is 2. The monoisotopic (exact) mass is 276 g/mol. The summed E-state index contributed by atoms with van der Waals surface area (Å²) in [5.74, 6) is 1.11. The topological polar surface area (TPSA) is 73.6 Å². The second-order valence-corrected chi connectivity index (χ2v) is 4.08. The molecule has 0 aliphatic heterocycles. The number of rotatable bonds is 6. The summed E-state index contributed by atoms with van der Waals surface area (Å²) in [6.07, 6.45) is 2.05. The number of amides is 1. The highest BCUT2D eigenvalue weighted by molar-refractivity contribution is 5.91. The minimum absolute atomic E-state index is 0.251. The van der Waals surface area contributed by atoms with Crippen LogP contribution < -0.4 is 14.8 Å². The molecule has 0 aliphatic carbocycles. The standard InChI is InChI=1S/C14H16N2O4/c1-18-12-4-3-10(9-13(12)19-2)5-7-15-14(17)11-6-8-20-16-11/h3-4,6,8-9H,5,7H2,1-2H3,(H,15,17). The van der Waals surface area contributed by atoms with Crippen LogP contribution in [0.15, 0.2) is 35.1 Å². The first kappa shape index (κ1) is 13.9. The van der Waals surface area contributed by atoms with Gasteiger partial charge in [0.1, 0.15) is 6.26 Å². The molecular formula is C14H16N2O4. The largest absolute Gasteiger partial charge is 0.493 e. The van der Waals surface area contributed by atoms with Crippen molar-refractivity contribution >= 4 is 5.91 Å². The lowest BCUT2D eigenvalue weighted by molar-refractivity contribution is 0.0945. The molecule has 106 valence electrons. The number of methoxy groups -OCH3 is 2. The van der Waals surface area contributed by atoms with Gasteiger partial charge in [0.15, 0.2) is 17.2 Å². The van der Waals surface area contributed by atoms with Gasteiger partial charge in [-0.1, -0.05) is 11.2 Å². The Morgan fingerprint density at radius 2 is 2.05 bits per heavy atom. The predicted octanol–water partition coefficient (Wildman–Crippen LogP) is 1.66. The van der Waals surface area contributed by atoms with Crippen molar-refractivity contribution in [2.75, 3.05) is 20.8 Å². The zero-order chi connectivity index (χ0) is 14.4. The van der Waals surface area contributed by atoms with Gasteiger partial charge in [-0.3, -0.25) is 4.79 Å². The maximum atomic E-state index is 11.6. The summed E-state index contributed by atoms with van der Waals surface area (Å²) in [6, 6.07) is 7.18. The highest BCUT2D eigenvalue weighted by Gasteiger charge is 2.08. The molecule has 2 rings (SSSR count). The van der Waals surface area contributed by atoms with Crippen molar-refractivity contribution in [3.05, 3.63) is 41.8 Å². The van der Waals surface area contributed by atoms with E-state index in [0.29, 0.717) is 24.5 Å². The lowest BCUT2D eigenvalue weighted by atomic mass is 10.1. The molecule has 20 heavy (non-hydrogen) atoms. The quantitative estimate of drug-likeness (QED) is 0.868. The first-order chi connectivity index (χ1) is 9.74. The van der Waals surface area contributed by atoms with E-state index < -0.39 is 0 Å². The van der Waals surface area contributed by atoms with Gasteiger partial charge in [-0.25, -0.2) is 0 Å².